The third-order valence-electron chi connectivity index (χ3n) is 2.33. The van der Waals surface area contributed by atoms with E-state index >= 15 is 0 Å². The van der Waals surface area contributed by atoms with Crippen LogP contribution in [0.1, 0.15) is 19.8 Å². The molecular weight excluding hydrogens is 196 g/mol. The topological polar surface area (TPSA) is 84.6 Å². The predicted octanol–water partition coefficient (Wildman–Crippen LogP) is -0.515. The minimum atomic E-state index is -0.633. The Morgan fingerprint density at radius 1 is 1.53 bits per heavy atom. The van der Waals surface area contributed by atoms with Crippen molar-refractivity contribution in [3.8, 4) is 0 Å². The number of nitrogens with two attached hydrogens (primary N) is 1. The first-order valence-electron chi connectivity index (χ1n) is 5.24. The fraction of sp³-hybridized carbons (Fsp3) is 0.900. The van der Waals surface area contributed by atoms with Gasteiger partial charge in [0.2, 0.25) is 5.91 Å². The van der Waals surface area contributed by atoms with Crippen molar-refractivity contribution in [2.24, 2.45) is 11.7 Å². The molecule has 90 valence electrons. The average molecular weight is 218 g/mol. The lowest BCUT2D eigenvalue weighted by Gasteiger charge is -2.17. The molecule has 5 nitrogen and oxygen atoms in total. The summed E-state index contributed by atoms with van der Waals surface area (Å²) in [7, 11) is 1.65. The van der Waals surface area contributed by atoms with Gasteiger partial charge in [-0.25, -0.2) is 0 Å². The van der Waals surface area contributed by atoms with Crippen LogP contribution in [0.15, 0.2) is 0 Å². The van der Waals surface area contributed by atoms with E-state index in [1.54, 1.807) is 7.11 Å². The number of hydrogen-bond acceptors (Lipinski definition) is 4. The summed E-state index contributed by atoms with van der Waals surface area (Å²) in [5, 5.41) is 12.7. The lowest BCUT2D eigenvalue weighted by Crippen LogP contribution is -2.29. The van der Waals surface area contributed by atoms with Crippen molar-refractivity contribution in [3.05, 3.63) is 0 Å². The van der Waals surface area contributed by atoms with Crippen LogP contribution in [0.5, 0.6) is 0 Å². The zero-order valence-corrected chi connectivity index (χ0v) is 9.53. The Morgan fingerprint density at radius 3 is 2.73 bits per heavy atom. The molecule has 0 bridgehead atoms. The van der Waals surface area contributed by atoms with Gasteiger partial charge in [-0.3, -0.25) is 4.79 Å². The molecule has 0 radical (unpaired) electrons. The van der Waals surface area contributed by atoms with Gasteiger partial charge >= 0.3 is 0 Å². The molecule has 0 rings (SSSR count). The molecule has 0 aromatic rings. The van der Waals surface area contributed by atoms with Crippen LogP contribution in [0.25, 0.3) is 0 Å². The van der Waals surface area contributed by atoms with Gasteiger partial charge in [0, 0.05) is 13.7 Å². The Kier molecular flexibility index (Phi) is 8.27. The molecule has 0 aliphatic heterocycles. The second-order valence-electron chi connectivity index (χ2n) is 3.75. The number of carbonyl (C=O) groups excluding carboxylic acids is 1. The molecule has 0 saturated carbocycles. The standard InChI is InChI=1S/C10H22N2O3/c1-8(9(13)7-10(11)14)3-4-12-5-6-15-2/h8-9,12-13H,3-7H2,1-2H3,(H2,11,14)/t8-,9+/m1/s1. The minimum Gasteiger partial charge on any atom is -0.392 e. The number of aliphatic hydroxyl groups excluding tert-OH is 1. The number of hydrogen-bond donors (Lipinski definition) is 3. The Bertz CT molecular complexity index is 176. The summed E-state index contributed by atoms with van der Waals surface area (Å²) >= 11 is 0. The molecule has 4 N–H and O–H groups in total. The van der Waals surface area contributed by atoms with Gasteiger partial charge in [0.05, 0.1) is 19.1 Å². The van der Waals surface area contributed by atoms with Crippen LogP contribution in [-0.2, 0) is 9.53 Å². The van der Waals surface area contributed by atoms with Gasteiger partial charge in [0.25, 0.3) is 0 Å². The van der Waals surface area contributed by atoms with Crippen molar-refractivity contribution in [2.45, 2.75) is 25.9 Å². The lowest BCUT2D eigenvalue weighted by molar-refractivity contribution is -0.120. The number of amides is 1. The van der Waals surface area contributed by atoms with E-state index < -0.39 is 12.0 Å². The Morgan fingerprint density at radius 2 is 2.20 bits per heavy atom. The number of rotatable bonds is 9. The first-order chi connectivity index (χ1) is 7.07. The molecule has 15 heavy (non-hydrogen) atoms. The SMILES string of the molecule is COCCNCC[C@@H](C)[C@@H](O)CC(N)=O. The molecule has 0 spiro atoms. The zero-order chi connectivity index (χ0) is 11.7. The lowest BCUT2D eigenvalue weighted by atomic mass is 9.98. The van der Waals surface area contributed by atoms with Gasteiger partial charge < -0.3 is 20.9 Å². The number of nitrogens with one attached hydrogen (secondary N) is 1. The molecule has 5 heteroatoms. The van der Waals surface area contributed by atoms with Crippen LogP contribution in [-0.4, -0.2) is 43.9 Å². The third-order valence-corrected chi connectivity index (χ3v) is 2.33. The number of aliphatic hydroxyl groups is 1. The fourth-order valence-corrected chi connectivity index (χ4v) is 1.23. The monoisotopic (exact) mass is 218 g/mol. The first-order valence-corrected chi connectivity index (χ1v) is 5.24. The van der Waals surface area contributed by atoms with Gasteiger partial charge in [0.15, 0.2) is 0 Å². The minimum absolute atomic E-state index is 0.0409. The molecule has 1 amide bonds. The van der Waals surface area contributed by atoms with Gasteiger partial charge in [-0.1, -0.05) is 6.92 Å². The highest BCUT2D eigenvalue weighted by Crippen LogP contribution is 2.10. The van der Waals surface area contributed by atoms with Gasteiger partial charge in [0.1, 0.15) is 0 Å². The molecule has 0 aromatic carbocycles. The van der Waals surface area contributed by atoms with Gasteiger partial charge in [-0.15, -0.1) is 0 Å². The van der Waals surface area contributed by atoms with E-state index in [9.17, 15) is 9.90 Å². The molecule has 0 aromatic heterocycles. The largest absolute Gasteiger partial charge is 0.392 e. The summed E-state index contributed by atoms with van der Waals surface area (Å²) in [6, 6.07) is 0. The van der Waals surface area contributed by atoms with Gasteiger partial charge in [-0.05, 0) is 18.9 Å². The van der Waals surface area contributed by atoms with Crippen molar-refractivity contribution >= 4 is 5.91 Å². The van der Waals surface area contributed by atoms with Crippen LogP contribution in [0.3, 0.4) is 0 Å². The van der Waals surface area contributed by atoms with Crippen LogP contribution in [0.4, 0.5) is 0 Å². The number of primary amides is 1. The summed E-state index contributed by atoms with van der Waals surface area (Å²) in [5.41, 5.74) is 4.99. The molecular formula is C10H22N2O3. The van der Waals surface area contributed by atoms with E-state index in [1.165, 1.54) is 0 Å². The average Bonchev–Trinajstić information content (AvgIpc) is 2.16. The summed E-state index contributed by atoms with van der Waals surface area (Å²) in [6.45, 7) is 4.19. The van der Waals surface area contributed by atoms with E-state index in [-0.39, 0.29) is 12.3 Å². The summed E-state index contributed by atoms with van der Waals surface area (Å²) in [6.07, 6.45) is 0.226. The summed E-state index contributed by atoms with van der Waals surface area (Å²) in [5.74, 6) is -0.380. The van der Waals surface area contributed by atoms with Crippen molar-refractivity contribution in [1.29, 1.82) is 0 Å². The quantitative estimate of drug-likeness (QED) is 0.455. The first kappa shape index (κ1) is 14.3. The molecule has 0 aliphatic carbocycles. The summed E-state index contributed by atoms with van der Waals surface area (Å²) < 4.78 is 4.88. The maximum absolute atomic E-state index is 10.6. The zero-order valence-electron chi connectivity index (χ0n) is 9.53. The fourth-order valence-electron chi connectivity index (χ4n) is 1.23. The van der Waals surface area contributed by atoms with E-state index in [2.05, 4.69) is 5.32 Å². The van der Waals surface area contributed by atoms with Crippen LogP contribution in [0, 0.1) is 5.92 Å². The molecule has 0 saturated heterocycles. The smallest absolute Gasteiger partial charge is 0.220 e. The van der Waals surface area contributed by atoms with Gasteiger partial charge in [-0.2, -0.15) is 0 Å². The van der Waals surface area contributed by atoms with E-state index in [0.717, 1.165) is 19.5 Å². The highest BCUT2D eigenvalue weighted by Gasteiger charge is 2.15. The third kappa shape index (κ3) is 8.35. The maximum atomic E-state index is 10.6. The Balaban J connectivity index is 3.46. The normalized spacial score (nSPS) is 14.9. The maximum Gasteiger partial charge on any atom is 0.220 e. The van der Waals surface area contributed by atoms with Crippen LogP contribution in [0.2, 0.25) is 0 Å². The van der Waals surface area contributed by atoms with Crippen molar-refractivity contribution < 1.29 is 14.6 Å². The van der Waals surface area contributed by atoms with Crippen molar-refractivity contribution in [1.82, 2.24) is 5.32 Å². The Labute approximate surface area is 91.0 Å². The Hall–Kier alpha value is -0.650. The second kappa shape index (κ2) is 8.64. The molecule has 0 aliphatic rings. The second-order valence-corrected chi connectivity index (χ2v) is 3.75. The van der Waals surface area contributed by atoms with Crippen molar-refractivity contribution in [3.63, 3.8) is 0 Å². The van der Waals surface area contributed by atoms with E-state index in [1.807, 2.05) is 6.92 Å². The number of carbonyl (C=O) groups is 1. The predicted molar refractivity (Wildman–Crippen MR) is 58.3 cm³/mol. The number of ether oxygens (including phenoxy) is 1. The molecule has 0 unspecified atom stereocenters. The van der Waals surface area contributed by atoms with E-state index in [0.29, 0.717) is 6.61 Å². The van der Waals surface area contributed by atoms with Crippen LogP contribution >= 0.6 is 0 Å². The highest BCUT2D eigenvalue weighted by molar-refractivity contribution is 5.74. The van der Waals surface area contributed by atoms with Crippen molar-refractivity contribution in [2.75, 3.05) is 26.8 Å². The highest BCUT2D eigenvalue weighted by atomic mass is 16.5. The summed E-state index contributed by atoms with van der Waals surface area (Å²) in [4.78, 5) is 10.6. The number of methoxy groups -OCH3 is 1. The van der Waals surface area contributed by atoms with E-state index in [4.69, 9.17) is 10.5 Å². The van der Waals surface area contributed by atoms with Crippen LogP contribution < -0.4 is 11.1 Å². The molecule has 0 heterocycles. The molecule has 0 fully saturated rings. The molecule has 2 atom stereocenters.